The standard InChI is InChI=1S/C62H100O6/c1-4-7-10-13-16-19-22-25-28-31-34-37-40-43-46-49-52-55-61(64)67-58-59(57-66-60(63)54-51-48-45-42-39-36-33-30-27-24-21-18-15-12-9-6-3)68-62(65)56-53-50-47-44-41-38-35-32-29-26-23-20-17-14-11-8-5-2/h9,12,16-21,25-30,34,36-37,39,43,46,59H,4-8,10-11,13-15,22-24,31-33,35,38,40-42,44-45,47-58H2,1-3H3/b12-9-,19-16-,20-17-,21-18-,28-25-,29-26-,30-27-,37-34-,39-36-,46-43-. The Morgan fingerprint density at radius 2 is 0.588 bits per heavy atom. The van der Waals surface area contributed by atoms with Crippen molar-refractivity contribution in [3.8, 4) is 0 Å². The zero-order valence-corrected chi connectivity index (χ0v) is 43.8. The molecule has 0 heterocycles. The van der Waals surface area contributed by atoms with Gasteiger partial charge in [0.15, 0.2) is 6.10 Å². The Bertz CT molecular complexity index is 1450. The molecule has 0 saturated carbocycles. The first kappa shape index (κ1) is 63.8. The first-order valence-corrected chi connectivity index (χ1v) is 27.5. The molecule has 0 aliphatic carbocycles. The molecule has 0 N–H and O–H groups in total. The molecule has 0 saturated heterocycles. The van der Waals surface area contributed by atoms with Gasteiger partial charge in [0, 0.05) is 19.3 Å². The molecule has 0 aromatic rings. The third-order valence-corrected chi connectivity index (χ3v) is 11.2. The molecular formula is C62H100O6. The number of allylic oxidation sites excluding steroid dienone is 20. The predicted molar refractivity (Wildman–Crippen MR) is 293 cm³/mol. The van der Waals surface area contributed by atoms with Crippen molar-refractivity contribution >= 4 is 17.9 Å². The van der Waals surface area contributed by atoms with E-state index in [1.807, 2.05) is 0 Å². The van der Waals surface area contributed by atoms with E-state index < -0.39 is 6.10 Å². The summed E-state index contributed by atoms with van der Waals surface area (Å²) in [6, 6.07) is 0. The number of unbranched alkanes of at least 4 members (excludes halogenated alkanes) is 17. The molecule has 0 fully saturated rings. The van der Waals surface area contributed by atoms with E-state index in [1.54, 1.807) is 0 Å². The number of carbonyl (C=O) groups excluding carboxylic acids is 3. The lowest BCUT2D eigenvalue weighted by Gasteiger charge is -2.18. The lowest BCUT2D eigenvalue weighted by molar-refractivity contribution is -0.167. The Kier molecular flexibility index (Phi) is 52.0. The summed E-state index contributed by atoms with van der Waals surface area (Å²) in [5, 5.41) is 0. The molecule has 1 unspecified atom stereocenters. The van der Waals surface area contributed by atoms with E-state index in [-0.39, 0.29) is 37.5 Å². The van der Waals surface area contributed by atoms with Gasteiger partial charge in [-0.3, -0.25) is 14.4 Å². The van der Waals surface area contributed by atoms with Gasteiger partial charge >= 0.3 is 17.9 Å². The number of hydrogen-bond acceptors (Lipinski definition) is 6. The lowest BCUT2D eigenvalue weighted by Crippen LogP contribution is -2.30. The molecule has 0 radical (unpaired) electrons. The molecule has 0 aliphatic rings. The van der Waals surface area contributed by atoms with E-state index >= 15 is 0 Å². The SMILES string of the molecule is CC/C=C\C/C=C\C/C=C\C/C=C\CCCCCC(=O)OCC(COC(=O)CCC/C=C\C/C=C\C/C=C\C/C=C\CCCCC)OC(=O)CCCCCCCCC/C=C\C/C=C\CCCCC. The Labute approximate surface area is 418 Å². The fourth-order valence-electron chi connectivity index (χ4n) is 7.04. The highest BCUT2D eigenvalue weighted by Crippen LogP contribution is 2.13. The monoisotopic (exact) mass is 941 g/mol. The van der Waals surface area contributed by atoms with E-state index in [1.165, 1.54) is 77.0 Å². The Balaban J connectivity index is 4.56. The molecule has 0 rings (SSSR count). The maximum atomic E-state index is 12.8. The first-order chi connectivity index (χ1) is 33.5. The van der Waals surface area contributed by atoms with Crippen LogP contribution in [-0.2, 0) is 28.6 Å². The number of hydrogen-bond donors (Lipinski definition) is 0. The summed E-state index contributed by atoms with van der Waals surface area (Å²) in [7, 11) is 0. The van der Waals surface area contributed by atoms with E-state index in [0.29, 0.717) is 19.3 Å². The van der Waals surface area contributed by atoms with E-state index in [0.717, 1.165) is 109 Å². The zero-order valence-electron chi connectivity index (χ0n) is 43.8. The molecule has 384 valence electrons. The smallest absolute Gasteiger partial charge is 0.306 e. The number of ether oxygens (including phenoxy) is 3. The average molecular weight is 941 g/mol. The van der Waals surface area contributed by atoms with Crippen molar-refractivity contribution in [3.63, 3.8) is 0 Å². The second-order valence-corrected chi connectivity index (χ2v) is 17.7. The molecule has 0 spiro atoms. The van der Waals surface area contributed by atoms with Crippen molar-refractivity contribution in [2.45, 2.75) is 239 Å². The summed E-state index contributed by atoms with van der Waals surface area (Å²) in [4.78, 5) is 38.1. The summed E-state index contributed by atoms with van der Waals surface area (Å²) in [5.74, 6) is -1.02. The van der Waals surface area contributed by atoms with Gasteiger partial charge in [0.05, 0.1) is 0 Å². The minimum absolute atomic E-state index is 0.118. The van der Waals surface area contributed by atoms with Crippen LogP contribution in [0.2, 0.25) is 0 Å². The number of esters is 3. The molecule has 6 nitrogen and oxygen atoms in total. The summed E-state index contributed by atoms with van der Waals surface area (Å²) in [5.41, 5.74) is 0. The average Bonchev–Trinajstić information content (AvgIpc) is 3.34. The summed E-state index contributed by atoms with van der Waals surface area (Å²) < 4.78 is 16.8. The molecule has 0 amide bonds. The largest absolute Gasteiger partial charge is 0.462 e. The molecule has 0 aromatic heterocycles. The van der Waals surface area contributed by atoms with Crippen LogP contribution in [0.3, 0.4) is 0 Å². The third kappa shape index (κ3) is 52.8. The van der Waals surface area contributed by atoms with Crippen LogP contribution < -0.4 is 0 Å². The van der Waals surface area contributed by atoms with Crippen molar-refractivity contribution in [2.24, 2.45) is 0 Å². The van der Waals surface area contributed by atoms with E-state index in [4.69, 9.17) is 14.2 Å². The normalized spacial score (nSPS) is 13.0. The Morgan fingerprint density at radius 3 is 0.971 bits per heavy atom. The van der Waals surface area contributed by atoms with Crippen LogP contribution in [0.1, 0.15) is 233 Å². The van der Waals surface area contributed by atoms with Crippen LogP contribution in [0.15, 0.2) is 122 Å². The molecule has 0 aliphatic heterocycles. The highest BCUT2D eigenvalue weighted by molar-refractivity contribution is 5.71. The first-order valence-electron chi connectivity index (χ1n) is 27.5. The maximum Gasteiger partial charge on any atom is 0.306 e. The van der Waals surface area contributed by atoms with Crippen LogP contribution in [0.25, 0.3) is 0 Å². The third-order valence-electron chi connectivity index (χ3n) is 11.2. The van der Waals surface area contributed by atoms with Crippen molar-refractivity contribution in [2.75, 3.05) is 13.2 Å². The summed E-state index contributed by atoms with van der Waals surface area (Å²) >= 11 is 0. The summed E-state index contributed by atoms with van der Waals surface area (Å²) in [6.07, 6.45) is 76.1. The Morgan fingerprint density at radius 1 is 0.309 bits per heavy atom. The quantitative estimate of drug-likeness (QED) is 0.0262. The van der Waals surface area contributed by atoms with Crippen molar-refractivity contribution in [1.82, 2.24) is 0 Å². The van der Waals surface area contributed by atoms with Crippen molar-refractivity contribution in [1.29, 1.82) is 0 Å². The van der Waals surface area contributed by atoms with Crippen LogP contribution in [0.4, 0.5) is 0 Å². The summed E-state index contributed by atoms with van der Waals surface area (Å²) in [6.45, 7) is 6.38. The van der Waals surface area contributed by atoms with E-state index in [2.05, 4.69) is 142 Å². The van der Waals surface area contributed by atoms with Gasteiger partial charge in [-0.25, -0.2) is 0 Å². The van der Waals surface area contributed by atoms with Gasteiger partial charge in [0.25, 0.3) is 0 Å². The topological polar surface area (TPSA) is 78.9 Å². The second-order valence-electron chi connectivity index (χ2n) is 17.7. The Hall–Kier alpha value is -4.19. The fourth-order valence-corrected chi connectivity index (χ4v) is 7.04. The molecule has 0 aromatic carbocycles. The number of rotatable bonds is 48. The lowest BCUT2D eigenvalue weighted by atomic mass is 10.1. The van der Waals surface area contributed by atoms with Gasteiger partial charge in [-0.1, -0.05) is 206 Å². The van der Waals surface area contributed by atoms with Gasteiger partial charge in [-0.15, -0.1) is 0 Å². The second kappa shape index (κ2) is 55.4. The highest BCUT2D eigenvalue weighted by Gasteiger charge is 2.19. The van der Waals surface area contributed by atoms with Gasteiger partial charge in [-0.05, 0) is 128 Å². The van der Waals surface area contributed by atoms with Crippen molar-refractivity contribution < 1.29 is 28.6 Å². The van der Waals surface area contributed by atoms with Gasteiger partial charge in [0.2, 0.25) is 0 Å². The molecule has 1 atom stereocenters. The predicted octanol–water partition coefficient (Wildman–Crippen LogP) is 18.5. The molecule has 6 heteroatoms. The van der Waals surface area contributed by atoms with Crippen molar-refractivity contribution in [3.05, 3.63) is 122 Å². The van der Waals surface area contributed by atoms with Crippen LogP contribution >= 0.6 is 0 Å². The van der Waals surface area contributed by atoms with Gasteiger partial charge < -0.3 is 14.2 Å². The van der Waals surface area contributed by atoms with E-state index in [9.17, 15) is 14.4 Å². The van der Waals surface area contributed by atoms with Gasteiger partial charge in [0.1, 0.15) is 13.2 Å². The zero-order chi connectivity index (χ0) is 49.3. The van der Waals surface area contributed by atoms with Gasteiger partial charge in [-0.2, -0.15) is 0 Å². The molecule has 68 heavy (non-hydrogen) atoms. The fraction of sp³-hybridized carbons (Fsp3) is 0.629. The van der Waals surface area contributed by atoms with Crippen LogP contribution in [0.5, 0.6) is 0 Å². The van der Waals surface area contributed by atoms with Crippen LogP contribution in [-0.4, -0.2) is 37.2 Å². The molecule has 0 bridgehead atoms. The highest BCUT2D eigenvalue weighted by atomic mass is 16.6. The molecular weight excluding hydrogens is 841 g/mol. The minimum Gasteiger partial charge on any atom is -0.462 e. The maximum absolute atomic E-state index is 12.8. The van der Waals surface area contributed by atoms with Crippen LogP contribution in [0, 0.1) is 0 Å². The number of carbonyl (C=O) groups is 3. The minimum atomic E-state index is -0.821.